The molecule has 3 rings (SSSR count). The quantitative estimate of drug-likeness (QED) is 0.916. The van der Waals surface area contributed by atoms with E-state index in [1.165, 1.54) is 58.4 Å². The lowest BCUT2D eigenvalue weighted by molar-refractivity contribution is 0.148. The van der Waals surface area contributed by atoms with Crippen LogP contribution in [0, 0.1) is 5.92 Å². The van der Waals surface area contributed by atoms with Crippen LogP contribution in [0.5, 0.6) is 0 Å². The standard InChI is InChI=1S/C14H24N4S/c15-14-16-13(11-19-14)10-18-7-3-12(4-8-18)9-17-5-1-2-6-17/h11-12H,1-10H2,(H2,15,16). The second kappa shape index (κ2) is 6.20. The number of rotatable bonds is 4. The average Bonchev–Trinajstić information content (AvgIpc) is 3.04. The Balaban J connectivity index is 1.41. The molecule has 1 aromatic rings. The van der Waals surface area contributed by atoms with Crippen LogP contribution in [-0.2, 0) is 6.54 Å². The third-order valence-electron chi connectivity index (χ3n) is 4.38. The van der Waals surface area contributed by atoms with Gasteiger partial charge in [-0.25, -0.2) is 4.98 Å². The lowest BCUT2D eigenvalue weighted by Gasteiger charge is -2.33. The predicted octanol–water partition coefficient (Wildman–Crippen LogP) is 2.03. The molecule has 1 aromatic heterocycles. The number of thiazole rings is 1. The summed E-state index contributed by atoms with van der Waals surface area (Å²) in [4.78, 5) is 9.53. The Kier molecular flexibility index (Phi) is 4.35. The molecular weight excluding hydrogens is 256 g/mol. The van der Waals surface area contributed by atoms with Gasteiger partial charge in [-0.05, 0) is 57.8 Å². The summed E-state index contributed by atoms with van der Waals surface area (Å²) in [5.74, 6) is 0.912. The lowest BCUT2D eigenvalue weighted by Crippen LogP contribution is -2.37. The Morgan fingerprint density at radius 2 is 1.89 bits per heavy atom. The summed E-state index contributed by atoms with van der Waals surface area (Å²) in [5, 5.41) is 2.78. The minimum Gasteiger partial charge on any atom is -0.375 e. The summed E-state index contributed by atoms with van der Waals surface area (Å²) in [6, 6.07) is 0. The van der Waals surface area contributed by atoms with Gasteiger partial charge >= 0.3 is 0 Å². The van der Waals surface area contributed by atoms with Crippen molar-refractivity contribution in [2.75, 3.05) is 38.5 Å². The third-order valence-corrected chi connectivity index (χ3v) is 5.10. The van der Waals surface area contributed by atoms with Crippen molar-refractivity contribution in [3.05, 3.63) is 11.1 Å². The van der Waals surface area contributed by atoms with Gasteiger partial charge in [-0.2, -0.15) is 0 Å². The van der Waals surface area contributed by atoms with Crippen LogP contribution in [0.4, 0.5) is 5.13 Å². The molecule has 3 heterocycles. The van der Waals surface area contributed by atoms with Crippen LogP contribution in [0.15, 0.2) is 5.38 Å². The van der Waals surface area contributed by atoms with Crippen molar-refractivity contribution in [1.29, 1.82) is 0 Å². The summed E-state index contributed by atoms with van der Waals surface area (Å²) in [5.41, 5.74) is 6.82. The van der Waals surface area contributed by atoms with Crippen molar-refractivity contribution < 1.29 is 0 Å². The zero-order chi connectivity index (χ0) is 13.1. The summed E-state index contributed by atoms with van der Waals surface area (Å²) < 4.78 is 0. The van der Waals surface area contributed by atoms with E-state index < -0.39 is 0 Å². The van der Waals surface area contributed by atoms with Crippen molar-refractivity contribution in [3.63, 3.8) is 0 Å². The number of aromatic nitrogens is 1. The van der Waals surface area contributed by atoms with E-state index in [0.29, 0.717) is 5.13 Å². The predicted molar refractivity (Wildman–Crippen MR) is 80.2 cm³/mol. The van der Waals surface area contributed by atoms with E-state index in [1.807, 2.05) is 0 Å². The van der Waals surface area contributed by atoms with Crippen LogP contribution in [0.2, 0.25) is 0 Å². The molecule has 0 aliphatic carbocycles. The van der Waals surface area contributed by atoms with Gasteiger partial charge in [0.05, 0.1) is 5.69 Å². The lowest BCUT2D eigenvalue weighted by atomic mass is 9.96. The molecule has 0 bridgehead atoms. The van der Waals surface area contributed by atoms with E-state index in [0.717, 1.165) is 18.2 Å². The van der Waals surface area contributed by atoms with Gasteiger partial charge in [0, 0.05) is 18.5 Å². The number of hydrogen-bond acceptors (Lipinski definition) is 5. The van der Waals surface area contributed by atoms with Gasteiger partial charge in [-0.1, -0.05) is 0 Å². The van der Waals surface area contributed by atoms with Gasteiger partial charge in [-0.15, -0.1) is 11.3 Å². The van der Waals surface area contributed by atoms with Crippen LogP contribution >= 0.6 is 11.3 Å². The van der Waals surface area contributed by atoms with Crippen molar-refractivity contribution >= 4 is 16.5 Å². The molecule has 0 atom stereocenters. The molecule has 4 nitrogen and oxygen atoms in total. The number of anilines is 1. The van der Waals surface area contributed by atoms with Gasteiger partial charge in [0.2, 0.25) is 0 Å². The van der Waals surface area contributed by atoms with Crippen molar-refractivity contribution in [2.24, 2.45) is 5.92 Å². The maximum absolute atomic E-state index is 5.68. The zero-order valence-electron chi connectivity index (χ0n) is 11.6. The molecule has 2 aliphatic rings. The molecule has 2 saturated heterocycles. The second-order valence-electron chi connectivity index (χ2n) is 5.90. The Labute approximate surface area is 119 Å². The van der Waals surface area contributed by atoms with Gasteiger partial charge in [0.1, 0.15) is 0 Å². The Hall–Kier alpha value is -0.650. The van der Waals surface area contributed by atoms with E-state index in [9.17, 15) is 0 Å². The van der Waals surface area contributed by atoms with Gasteiger partial charge in [-0.3, -0.25) is 4.90 Å². The molecule has 106 valence electrons. The minimum absolute atomic E-state index is 0.693. The Bertz CT molecular complexity index is 392. The van der Waals surface area contributed by atoms with Crippen LogP contribution in [0.1, 0.15) is 31.4 Å². The van der Waals surface area contributed by atoms with Crippen molar-refractivity contribution in [1.82, 2.24) is 14.8 Å². The molecule has 0 amide bonds. The fraction of sp³-hybridized carbons (Fsp3) is 0.786. The first kappa shape index (κ1) is 13.3. The van der Waals surface area contributed by atoms with Gasteiger partial charge in [0.15, 0.2) is 5.13 Å². The minimum atomic E-state index is 0.693. The maximum atomic E-state index is 5.68. The fourth-order valence-corrected chi connectivity index (χ4v) is 3.84. The van der Waals surface area contributed by atoms with Crippen molar-refractivity contribution in [2.45, 2.75) is 32.2 Å². The monoisotopic (exact) mass is 280 g/mol. The first-order chi connectivity index (χ1) is 9.29. The molecule has 0 radical (unpaired) electrons. The van der Waals surface area contributed by atoms with E-state index in [4.69, 9.17) is 5.73 Å². The van der Waals surface area contributed by atoms with Gasteiger partial charge in [0.25, 0.3) is 0 Å². The molecule has 2 aliphatic heterocycles. The highest BCUT2D eigenvalue weighted by molar-refractivity contribution is 7.13. The molecule has 0 spiro atoms. The summed E-state index contributed by atoms with van der Waals surface area (Å²) in [6.45, 7) is 7.41. The largest absolute Gasteiger partial charge is 0.375 e. The molecule has 0 aromatic carbocycles. The maximum Gasteiger partial charge on any atom is 0.180 e. The van der Waals surface area contributed by atoms with Crippen LogP contribution in [-0.4, -0.2) is 47.5 Å². The Morgan fingerprint density at radius 1 is 1.16 bits per heavy atom. The second-order valence-corrected chi connectivity index (χ2v) is 6.79. The van der Waals surface area contributed by atoms with Crippen LogP contribution < -0.4 is 5.73 Å². The van der Waals surface area contributed by atoms with E-state index in [1.54, 1.807) is 11.3 Å². The van der Waals surface area contributed by atoms with E-state index >= 15 is 0 Å². The molecule has 2 fully saturated rings. The number of hydrogen-bond donors (Lipinski definition) is 1. The normalized spacial score (nSPS) is 23.2. The highest BCUT2D eigenvalue weighted by Gasteiger charge is 2.23. The number of piperidine rings is 1. The zero-order valence-corrected chi connectivity index (χ0v) is 12.4. The molecule has 0 unspecified atom stereocenters. The molecular formula is C14H24N4S. The van der Waals surface area contributed by atoms with Crippen molar-refractivity contribution in [3.8, 4) is 0 Å². The summed E-state index contributed by atoms with van der Waals surface area (Å²) >= 11 is 1.55. The molecule has 0 saturated carbocycles. The van der Waals surface area contributed by atoms with E-state index in [2.05, 4.69) is 20.2 Å². The smallest absolute Gasteiger partial charge is 0.180 e. The summed E-state index contributed by atoms with van der Waals surface area (Å²) in [6.07, 6.45) is 5.50. The first-order valence-corrected chi connectivity index (χ1v) is 8.32. The number of nitrogens with two attached hydrogens (primary N) is 1. The average molecular weight is 280 g/mol. The van der Waals surface area contributed by atoms with Crippen LogP contribution in [0.3, 0.4) is 0 Å². The molecule has 5 heteroatoms. The van der Waals surface area contributed by atoms with Crippen LogP contribution in [0.25, 0.3) is 0 Å². The number of likely N-dealkylation sites (tertiary alicyclic amines) is 2. The highest BCUT2D eigenvalue weighted by Crippen LogP contribution is 2.22. The first-order valence-electron chi connectivity index (χ1n) is 7.44. The molecule has 2 N–H and O–H groups in total. The van der Waals surface area contributed by atoms with Gasteiger partial charge < -0.3 is 10.6 Å². The fourth-order valence-electron chi connectivity index (χ4n) is 3.28. The number of nitrogen functional groups attached to an aromatic ring is 1. The SMILES string of the molecule is Nc1nc(CN2CCC(CN3CCCC3)CC2)cs1. The number of nitrogens with zero attached hydrogens (tertiary/aromatic N) is 3. The summed E-state index contributed by atoms with van der Waals surface area (Å²) in [7, 11) is 0. The highest BCUT2D eigenvalue weighted by atomic mass is 32.1. The molecule has 19 heavy (non-hydrogen) atoms. The topological polar surface area (TPSA) is 45.4 Å². The van der Waals surface area contributed by atoms with E-state index in [-0.39, 0.29) is 0 Å². The Morgan fingerprint density at radius 3 is 2.53 bits per heavy atom. The third kappa shape index (κ3) is 3.68.